The summed E-state index contributed by atoms with van der Waals surface area (Å²) >= 11 is 0. The number of ether oxygens (including phenoxy) is 4. The van der Waals surface area contributed by atoms with E-state index in [1.54, 1.807) is 6.08 Å². The van der Waals surface area contributed by atoms with E-state index < -0.39 is 86.8 Å². The molecule has 2 aliphatic rings. The number of hydrogen-bond acceptors (Lipinski definition) is 13. The van der Waals surface area contributed by atoms with Crippen LogP contribution >= 0.6 is 0 Å². The van der Waals surface area contributed by atoms with Crippen LogP contribution in [0.15, 0.2) is 36.5 Å². The van der Waals surface area contributed by atoms with Crippen molar-refractivity contribution in [2.45, 2.75) is 338 Å². The molecule has 2 aliphatic heterocycles. The van der Waals surface area contributed by atoms with E-state index >= 15 is 0 Å². The maximum Gasteiger partial charge on any atom is 0.220 e. The van der Waals surface area contributed by atoms with Gasteiger partial charge in [0.2, 0.25) is 5.91 Å². The van der Waals surface area contributed by atoms with Crippen molar-refractivity contribution in [3.63, 3.8) is 0 Å². The molecule has 12 atom stereocenters. The predicted molar refractivity (Wildman–Crippen MR) is 309 cm³/mol. The van der Waals surface area contributed by atoms with Crippen LogP contribution in [0.2, 0.25) is 0 Å². The zero-order chi connectivity index (χ0) is 56.0. The van der Waals surface area contributed by atoms with E-state index in [9.17, 15) is 45.6 Å². The molecule has 9 N–H and O–H groups in total. The van der Waals surface area contributed by atoms with E-state index in [4.69, 9.17) is 18.9 Å². The lowest BCUT2D eigenvalue weighted by Gasteiger charge is -2.46. The maximum absolute atomic E-state index is 13.1. The summed E-state index contributed by atoms with van der Waals surface area (Å²) in [6.45, 7) is 2.63. The number of nitrogens with one attached hydrogen (secondary N) is 1. The topological polar surface area (TPSA) is 228 Å². The number of aliphatic hydroxyl groups is 8. The molecule has 2 rings (SSSR count). The molecule has 14 heteroatoms. The minimum Gasteiger partial charge on any atom is -0.394 e. The second kappa shape index (κ2) is 48.9. The van der Waals surface area contributed by atoms with Gasteiger partial charge >= 0.3 is 0 Å². The number of carbonyl (C=O) groups excluding carboxylic acids is 1. The number of amides is 1. The Kier molecular flexibility index (Phi) is 45.3. The molecule has 2 saturated heterocycles. The Balaban J connectivity index is 1.44. The van der Waals surface area contributed by atoms with Gasteiger partial charge < -0.3 is 65.1 Å². The summed E-state index contributed by atoms with van der Waals surface area (Å²) in [5.41, 5.74) is 0. The second-order valence-corrected chi connectivity index (χ2v) is 22.5. The van der Waals surface area contributed by atoms with Crippen LogP contribution in [0.25, 0.3) is 0 Å². The molecule has 0 aromatic rings. The summed E-state index contributed by atoms with van der Waals surface area (Å²) in [6.07, 6.45) is 44.8. The molecule has 0 saturated carbocycles. The van der Waals surface area contributed by atoms with Crippen molar-refractivity contribution >= 4 is 5.91 Å². The van der Waals surface area contributed by atoms with Gasteiger partial charge in [-0.25, -0.2) is 0 Å². The molecule has 0 radical (unpaired) electrons. The van der Waals surface area contributed by atoms with Gasteiger partial charge in [0, 0.05) is 6.42 Å². The molecule has 12 unspecified atom stereocenters. The normalized spacial score (nSPS) is 24.9. The van der Waals surface area contributed by atoms with Crippen LogP contribution in [0.1, 0.15) is 264 Å². The Morgan fingerprint density at radius 2 is 0.870 bits per heavy atom. The van der Waals surface area contributed by atoms with Gasteiger partial charge in [-0.1, -0.05) is 249 Å². The largest absolute Gasteiger partial charge is 0.394 e. The van der Waals surface area contributed by atoms with Crippen LogP contribution in [0, 0.1) is 0 Å². The molecule has 0 aromatic heterocycles. The Labute approximate surface area is 468 Å². The average Bonchev–Trinajstić information content (AvgIpc) is 3.44. The number of hydrogen-bond donors (Lipinski definition) is 9. The van der Waals surface area contributed by atoms with Crippen molar-refractivity contribution in [3.05, 3.63) is 36.5 Å². The van der Waals surface area contributed by atoms with E-state index in [0.29, 0.717) is 6.42 Å². The fraction of sp³-hybridized carbons (Fsp3) is 0.889. The van der Waals surface area contributed by atoms with Crippen LogP contribution in [0.4, 0.5) is 0 Å². The van der Waals surface area contributed by atoms with Gasteiger partial charge in [0.05, 0.1) is 32.0 Å². The van der Waals surface area contributed by atoms with E-state index in [1.165, 1.54) is 193 Å². The highest BCUT2D eigenvalue weighted by Crippen LogP contribution is 2.30. The lowest BCUT2D eigenvalue weighted by atomic mass is 9.97. The molecule has 452 valence electrons. The zero-order valence-electron chi connectivity index (χ0n) is 48.7. The SMILES string of the molecule is CCCC/C=C/C(O)C(COC1OC(CO)C(OC2OC(CO)C(O)C(O)C2O)C(O)C1O)NC(=O)CCCCCCCCCCCCCCCCCCCCCCCCCCCCC/C=C\C/C=C\CCCCCCC. The summed E-state index contributed by atoms with van der Waals surface area (Å²) in [4.78, 5) is 13.1. The van der Waals surface area contributed by atoms with Crippen molar-refractivity contribution in [3.8, 4) is 0 Å². The quantitative estimate of drug-likeness (QED) is 0.0204. The van der Waals surface area contributed by atoms with Crippen LogP contribution in [-0.4, -0.2) is 140 Å². The molecule has 0 spiro atoms. The molecule has 2 heterocycles. The molecule has 0 aromatic carbocycles. The number of rotatable bonds is 51. The van der Waals surface area contributed by atoms with Crippen molar-refractivity contribution in [2.24, 2.45) is 0 Å². The second-order valence-electron chi connectivity index (χ2n) is 22.5. The van der Waals surface area contributed by atoms with E-state index in [0.717, 1.165) is 44.9 Å². The van der Waals surface area contributed by atoms with E-state index in [1.807, 2.05) is 6.08 Å². The summed E-state index contributed by atoms with van der Waals surface area (Å²) < 4.78 is 22.6. The molecule has 1 amide bonds. The smallest absolute Gasteiger partial charge is 0.220 e. The first-order chi connectivity index (χ1) is 37.6. The highest BCUT2D eigenvalue weighted by atomic mass is 16.7. The Morgan fingerprint density at radius 1 is 0.468 bits per heavy atom. The number of aliphatic hydroxyl groups excluding tert-OH is 8. The third-order valence-corrected chi connectivity index (χ3v) is 15.6. The van der Waals surface area contributed by atoms with E-state index in [-0.39, 0.29) is 18.9 Å². The van der Waals surface area contributed by atoms with Gasteiger partial charge in [-0.15, -0.1) is 0 Å². The Bertz CT molecular complexity index is 1430. The van der Waals surface area contributed by atoms with Crippen LogP contribution in [0.5, 0.6) is 0 Å². The molecular formula is C63H117NO13. The standard InChI is InChI=1S/C63H117NO13/c1-3-5-7-9-10-11-12-13-14-15-16-17-18-19-20-21-22-23-24-25-26-27-28-29-30-31-32-33-34-35-36-37-38-39-40-41-42-43-45-47-55(68)64-51(52(67)46-44-8-6-4-2)50-74-62-60(73)58(71)61(54(49-66)76-62)77-63-59(72)57(70)56(69)53(48-65)75-63/h12-13,15-16,44,46,51-54,56-63,65-67,69-73H,3-11,14,17-43,45,47-50H2,1-2H3,(H,64,68)/b13-12-,16-15-,46-44+. The minimum atomic E-state index is -1.78. The van der Waals surface area contributed by atoms with Gasteiger partial charge in [0.15, 0.2) is 12.6 Å². The molecule has 2 fully saturated rings. The molecule has 0 bridgehead atoms. The van der Waals surface area contributed by atoms with Crippen LogP contribution in [0.3, 0.4) is 0 Å². The fourth-order valence-electron chi connectivity index (χ4n) is 10.4. The molecule has 77 heavy (non-hydrogen) atoms. The van der Waals surface area contributed by atoms with Crippen molar-refractivity contribution < 1.29 is 64.6 Å². The highest BCUT2D eigenvalue weighted by Gasteiger charge is 2.51. The number of carbonyl (C=O) groups is 1. The minimum absolute atomic E-state index is 0.245. The molecular weight excluding hydrogens is 979 g/mol. The van der Waals surface area contributed by atoms with Gasteiger partial charge in [-0.05, 0) is 44.9 Å². The fourth-order valence-corrected chi connectivity index (χ4v) is 10.4. The van der Waals surface area contributed by atoms with Crippen molar-refractivity contribution in [1.82, 2.24) is 5.32 Å². The Hall–Kier alpha value is -1.79. The lowest BCUT2D eigenvalue weighted by Crippen LogP contribution is -2.65. The average molecular weight is 1100 g/mol. The third kappa shape index (κ3) is 34.3. The number of unbranched alkanes of at least 4 members (excludes halogenated alkanes) is 34. The molecule has 0 aliphatic carbocycles. The van der Waals surface area contributed by atoms with E-state index in [2.05, 4.69) is 43.5 Å². The first-order valence-electron chi connectivity index (χ1n) is 31.7. The van der Waals surface area contributed by atoms with Gasteiger partial charge in [-0.3, -0.25) is 4.79 Å². The van der Waals surface area contributed by atoms with Crippen LogP contribution in [-0.2, 0) is 23.7 Å². The predicted octanol–water partition coefficient (Wildman–Crippen LogP) is 11.4. The summed E-state index contributed by atoms with van der Waals surface area (Å²) in [5.74, 6) is -0.245. The lowest BCUT2D eigenvalue weighted by molar-refractivity contribution is -0.359. The summed E-state index contributed by atoms with van der Waals surface area (Å²) in [6, 6.07) is -0.908. The first-order valence-corrected chi connectivity index (χ1v) is 31.7. The zero-order valence-corrected chi connectivity index (χ0v) is 48.7. The number of allylic oxidation sites excluding steroid dienone is 5. The maximum atomic E-state index is 13.1. The van der Waals surface area contributed by atoms with Crippen molar-refractivity contribution in [1.29, 1.82) is 0 Å². The first kappa shape index (κ1) is 71.3. The van der Waals surface area contributed by atoms with Crippen LogP contribution < -0.4 is 5.32 Å². The van der Waals surface area contributed by atoms with Gasteiger partial charge in [0.25, 0.3) is 0 Å². The van der Waals surface area contributed by atoms with Crippen molar-refractivity contribution in [2.75, 3.05) is 19.8 Å². The molecule has 14 nitrogen and oxygen atoms in total. The Morgan fingerprint density at radius 3 is 1.32 bits per heavy atom. The summed E-state index contributed by atoms with van der Waals surface area (Å²) in [5, 5.41) is 86.2. The monoisotopic (exact) mass is 1100 g/mol. The van der Waals surface area contributed by atoms with Gasteiger partial charge in [-0.2, -0.15) is 0 Å². The summed E-state index contributed by atoms with van der Waals surface area (Å²) in [7, 11) is 0. The highest BCUT2D eigenvalue weighted by molar-refractivity contribution is 5.76. The third-order valence-electron chi connectivity index (χ3n) is 15.6. The van der Waals surface area contributed by atoms with Gasteiger partial charge in [0.1, 0.15) is 48.8 Å².